The molecule has 0 spiro atoms. The Kier molecular flexibility index (Phi) is 4.39. The number of halogens is 1. The van der Waals surface area contributed by atoms with Crippen LogP contribution in [0.1, 0.15) is 16.2 Å². The molecule has 0 N–H and O–H groups in total. The van der Waals surface area contributed by atoms with Crippen LogP contribution < -0.4 is 0 Å². The molecule has 8 heteroatoms. The summed E-state index contributed by atoms with van der Waals surface area (Å²) in [5.74, 6) is 0.948. The van der Waals surface area contributed by atoms with Gasteiger partial charge in [-0.25, -0.2) is 4.39 Å². The van der Waals surface area contributed by atoms with E-state index in [9.17, 15) is 9.18 Å². The lowest BCUT2D eigenvalue weighted by atomic mass is 10.1. The van der Waals surface area contributed by atoms with E-state index in [1.807, 2.05) is 48.0 Å². The molecule has 3 heterocycles. The SMILES string of the molecule is Cn1nc(-c2ccccc2)cc1-c1nnc2n1CCN(C(=O)c1ccc(F)cc1)C2. The average molecular weight is 402 g/mol. The third-order valence-corrected chi connectivity index (χ3v) is 5.31. The van der Waals surface area contributed by atoms with Crippen LogP contribution >= 0.6 is 0 Å². The molecule has 1 aliphatic heterocycles. The van der Waals surface area contributed by atoms with Gasteiger partial charge in [-0.05, 0) is 30.3 Å². The van der Waals surface area contributed by atoms with Crippen LogP contribution in [0.3, 0.4) is 0 Å². The van der Waals surface area contributed by atoms with Crippen LogP contribution in [0, 0.1) is 5.82 Å². The first kappa shape index (κ1) is 18.2. The number of fused-ring (bicyclic) bond motifs is 1. The smallest absolute Gasteiger partial charge is 0.254 e. The summed E-state index contributed by atoms with van der Waals surface area (Å²) in [5, 5.41) is 13.3. The Morgan fingerprint density at radius 3 is 2.53 bits per heavy atom. The number of rotatable bonds is 3. The lowest BCUT2D eigenvalue weighted by Crippen LogP contribution is -2.38. The van der Waals surface area contributed by atoms with E-state index < -0.39 is 0 Å². The average Bonchev–Trinajstić information content (AvgIpc) is 3.37. The Labute approximate surface area is 172 Å². The highest BCUT2D eigenvalue weighted by atomic mass is 19.1. The fourth-order valence-corrected chi connectivity index (χ4v) is 3.72. The zero-order chi connectivity index (χ0) is 20.7. The number of nitrogens with zero attached hydrogens (tertiary/aromatic N) is 6. The van der Waals surface area contributed by atoms with Crippen molar-refractivity contribution in [3.8, 4) is 22.8 Å². The predicted octanol–water partition coefficient (Wildman–Crippen LogP) is 3.14. The molecule has 0 saturated carbocycles. The summed E-state index contributed by atoms with van der Waals surface area (Å²) in [7, 11) is 1.89. The van der Waals surface area contributed by atoms with E-state index >= 15 is 0 Å². The molecule has 2 aromatic carbocycles. The van der Waals surface area contributed by atoms with Crippen molar-refractivity contribution in [2.75, 3.05) is 6.54 Å². The van der Waals surface area contributed by atoms with Crippen molar-refractivity contribution in [1.29, 1.82) is 0 Å². The zero-order valence-corrected chi connectivity index (χ0v) is 16.4. The van der Waals surface area contributed by atoms with Gasteiger partial charge in [0.05, 0.1) is 12.2 Å². The van der Waals surface area contributed by atoms with Gasteiger partial charge in [0.1, 0.15) is 11.5 Å². The molecule has 0 atom stereocenters. The summed E-state index contributed by atoms with van der Waals surface area (Å²) in [6.07, 6.45) is 0. The van der Waals surface area contributed by atoms with E-state index in [1.54, 1.807) is 9.58 Å². The van der Waals surface area contributed by atoms with Crippen molar-refractivity contribution in [2.45, 2.75) is 13.1 Å². The minimum absolute atomic E-state index is 0.141. The molecule has 0 unspecified atom stereocenters. The lowest BCUT2D eigenvalue weighted by Gasteiger charge is -2.28. The summed E-state index contributed by atoms with van der Waals surface area (Å²) in [6, 6.07) is 17.6. The number of aromatic nitrogens is 5. The molecular formula is C22H19FN6O. The molecule has 7 nitrogen and oxygen atoms in total. The molecule has 1 amide bonds. The van der Waals surface area contributed by atoms with Crippen LogP contribution in [0.15, 0.2) is 60.7 Å². The van der Waals surface area contributed by atoms with E-state index in [2.05, 4.69) is 15.3 Å². The molecule has 2 aromatic heterocycles. The van der Waals surface area contributed by atoms with Gasteiger partial charge >= 0.3 is 0 Å². The van der Waals surface area contributed by atoms with Crippen molar-refractivity contribution in [3.63, 3.8) is 0 Å². The topological polar surface area (TPSA) is 68.8 Å². The quantitative estimate of drug-likeness (QED) is 0.528. The second-order valence-electron chi connectivity index (χ2n) is 7.23. The number of aryl methyl sites for hydroxylation is 1. The molecule has 1 aliphatic rings. The Balaban J connectivity index is 1.41. The van der Waals surface area contributed by atoms with Crippen molar-refractivity contribution in [1.82, 2.24) is 29.4 Å². The van der Waals surface area contributed by atoms with E-state index in [1.165, 1.54) is 24.3 Å². The zero-order valence-electron chi connectivity index (χ0n) is 16.4. The van der Waals surface area contributed by atoms with Crippen molar-refractivity contribution >= 4 is 5.91 Å². The normalized spacial score (nSPS) is 13.3. The Hall–Kier alpha value is -3.81. The molecule has 0 bridgehead atoms. The number of benzene rings is 2. The van der Waals surface area contributed by atoms with E-state index in [0.29, 0.717) is 31.0 Å². The largest absolute Gasteiger partial charge is 0.329 e. The molecule has 0 radical (unpaired) electrons. The molecule has 0 aliphatic carbocycles. The van der Waals surface area contributed by atoms with Crippen molar-refractivity contribution < 1.29 is 9.18 Å². The van der Waals surface area contributed by atoms with Crippen LogP contribution in [0.25, 0.3) is 22.8 Å². The van der Waals surface area contributed by atoms with E-state index in [0.717, 1.165) is 22.8 Å². The molecule has 30 heavy (non-hydrogen) atoms. The summed E-state index contributed by atoms with van der Waals surface area (Å²) < 4.78 is 17.0. The molecule has 150 valence electrons. The third kappa shape index (κ3) is 3.16. The number of carbonyl (C=O) groups excluding carboxylic acids is 1. The number of hydrogen-bond donors (Lipinski definition) is 0. The van der Waals surface area contributed by atoms with Crippen LogP contribution in [-0.2, 0) is 20.1 Å². The van der Waals surface area contributed by atoms with E-state index in [4.69, 9.17) is 0 Å². The predicted molar refractivity (Wildman–Crippen MR) is 109 cm³/mol. The van der Waals surface area contributed by atoms with Gasteiger partial charge in [0.2, 0.25) is 0 Å². The molecule has 0 fully saturated rings. The number of carbonyl (C=O) groups is 1. The Bertz CT molecular complexity index is 1210. The second-order valence-corrected chi connectivity index (χ2v) is 7.23. The minimum Gasteiger partial charge on any atom is -0.329 e. The maximum Gasteiger partial charge on any atom is 0.254 e. The Morgan fingerprint density at radius 2 is 1.77 bits per heavy atom. The third-order valence-electron chi connectivity index (χ3n) is 5.31. The fourth-order valence-electron chi connectivity index (χ4n) is 3.72. The maximum atomic E-state index is 13.1. The van der Waals surface area contributed by atoms with Crippen LogP contribution in [0.5, 0.6) is 0 Å². The second kappa shape index (κ2) is 7.22. The van der Waals surface area contributed by atoms with Gasteiger partial charge < -0.3 is 9.47 Å². The van der Waals surface area contributed by atoms with Gasteiger partial charge in [0.25, 0.3) is 5.91 Å². The van der Waals surface area contributed by atoms with Gasteiger partial charge in [-0.15, -0.1) is 10.2 Å². The standard InChI is InChI=1S/C22H19FN6O/c1-27-19(13-18(26-27)15-5-3-2-4-6-15)21-25-24-20-14-28(11-12-29(20)21)22(30)16-7-9-17(23)10-8-16/h2-10,13H,11-12,14H2,1H3. The summed E-state index contributed by atoms with van der Waals surface area (Å²) in [6.45, 7) is 1.46. The highest BCUT2D eigenvalue weighted by molar-refractivity contribution is 5.94. The molecular weight excluding hydrogens is 383 g/mol. The van der Waals surface area contributed by atoms with Gasteiger partial charge in [-0.2, -0.15) is 5.10 Å². The fraction of sp³-hybridized carbons (Fsp3) is 0.182. The van der Waals surface area contributed by atoms with Crippen LogP contribution in [0.4, 0.5) is 4.39 Å². The summed E-state index contributed by atoms with van der Waals surface area (Å²) >= 11 is 0. The first-order chi connectivity index (χ1) is 14.6. The van der Waals surface area contributed by atoms with Gasteiger partial charge in [-0.3, -0.25) is 9.48 Å². The lowest BCUT2D eigenvalue weighted by molar-refractivity contribution is 0.0708. The Morgan fingerprint density at radius 1 is 1.00 bits per heavy atom. The monoisotopic (exact) mass is 402 g/mol. The molecule has 5 rings (SSSR count). The molecule has 4 aromatic rings. The van der Waals surface area contributed by atoms with Gasteiger partial charge in [0, 0.05) is 31.3 Å². The van der Waals surface area contributed by atoms with Crippen molar-refractivity contribution in [3.05, 3.63) is 77.9 Å². The highest BCUT2D eigenvalue weighted by Crippen LogP contribution is 2.26. The van der Waals surface area contributed by atoms with Crippen molar-refractivity contribution in [2.24, 2.45) is 7.05 Å². The van der Waals surface area contributed by atoms with Gasteiger partial charge in [0.15, 0.2) is 11.6 Å². The summed E-state index contributed by atoms with van der Waals surface area (Å²) in [5.41, 5.74) is 3.23. The maximum absolute atomic E-state index is 13.1. The van der Waals surface area contributed by atoms with Gasteiger partial charge in [-0.1, -0.05) is 30.3 Å². The number of hydrogen-bond acceptors (Lipinski definition) is 4. The highest BCUT2D eigenvalue weighted by Gasteiger charge is 2.27. The van der Waals surface area contributed by atoms with Crippen LogP contribution in [0.2, 0.25) is 0 Å². The minimum atomic E-state index is -0.361. The molecule has 0 saturated heterocycles. The number of amides is 1. The first-order valence-electron chi connectivity index (χ1n) is 9.67. The summed E-state index contributed by atoms with van der Waals surface area (Å²) in [4.78, 5) is 14.5. The van der Waals surface area contributed by atoms with Crippen LogP contribution in [-0.4, -0.2) is 41.9 Å². The first-order valence-corrected chi connectivity index (χ1v) is 9.67. The van der Waals surface area contributed by atoms with E-state index in [-0.39, 0.29) is 11.7 Å².